The molecule has 0 aromatic carbocycles. The minimum atomic E-state index is 0.288. The first-order valence-electron chi connectivity index (χ1n) is 6.82. The van der Waals surface area contributed by atoms with Crippen molar-refractivity contribution in [3.05, 3.63) is 0 Å². The molecule has 96 valence electrons. The summed E-state index contributed by atoms with van der Waals surface area (Å²) in [5.74, 6) is 0. The van der Waals surface area contributed by atoms with Crippen molar-refractivity contribution < 1.29 is 0 Å². The second kappa shape index (κ2) is 6.58. The lowest BCUT2D eigenvalue weighted by Gasteiger charge is -2.47. The molecular formula is C13H29N3. The first-order valence-corrected chi connectivity index (χ1v) is 6.82. The fourth-order valence-electron chi connectivity index (χ4n) is 2.76. The van der Waals surface area contributed by atoms with E-state index in [2.05, 4.69) is 30.7 Å². The van der Waals surface area contributed by atoms with Crippen molar-refractivity contribution in [3.8, 4) is 0 Å². The van der Waals surface area contributed by atoms with Crippen LogP contribution in [0.3, 0.4) is 0 Å². The van der Waals surface area contributed by atoms with E-state index in [9.17, 15) is 0 Å². The molecule has 1 heterocycles. The van der Waals surface area contributed by atoms with Gasteiger partial charge in [-0.1, -0.05) is 20.3 Å². The van der Waals surface area contributed by atoms with Crippen LogP contribution in [0, 0.1) is 0 Å². The quantitative estimate of drug-likeness (QED) is 0.747. The Kier molecular flexibility index (Phi) is 5.73. The molecular weight excluding hydrogens is 198 g/mol. The van der Waals surface area contributed by atoms with Gasteiger partial charge in [0, 0.05) is 12.1 Å². The van der Waals surface area contributed by atoms with Gasteiger partial charge in [0.25, 0.3) is 0 Å². The Morgan fingerprint density at radius 3 is 2.31 bits per heavy atom. The molecule has 0 aromatic heterocycles. The smallest absolute Gasteiger partial charge is 0.0355 e. The Balaban J connectivity index is 2.61. The van der Waals surface area contributed by atoms with Crippen LogP contribution >= 0.6 is 0 Å². The lowest BCUT2D eigenvalue weighted by molar-refractivity contribution is 0.0366. The van der Waals surface area contributed by atoms with Gasteiger partial charge in [-0.3, -0.25) is 4.90 Å². The number of nitrogens with two attached hydrogens (primary N) is 1. The van der Waals surface area contributed by atoms with Crippen LogP contribution in [0.4, 0.5) is 0 Å². The number of likely N-dealkylation sites (tertiary alicyclic amines) is 1. The molecule has 3 nitrogen and oxygen atoms in total. The number of hydrogen-bond acceptors (Lipinski definition) is 3. The number of likely N-dealkylation sites (N-methyl/N-ethyl adjacent to an activating group) is 1. The van der Waals surface area contributed by atoms with Gasteiger partial charge in [0.1, 0.15) is 0 Å². The van der Waals surface area contributed by atoms with E-state index < -0.39 is 0 Å². The van der Waals surface area contributed by atoms with Gasteiger partial charge in [-0.15, -0.1) is 0 Å². The zero-order valence-corrected chi connectivity index (χ0v) is 11.3. The molecule has 0 saturated carbocycles. The van der Waals surface area contributed by atoms with Crippen molar-refractivity contribution in [3.63, 3.8) is 0 Å². The van der Waals surface area contributed by atoms with Crippen molar-refractivity contribution in [2.75, 3.05) is 39.8 Å². The third kappa shape index (κ3) is 3.19. The average molecular weight is 227 g/mol. The molecule has 1 rings (SSSR count). The highest BCUT2D eigenvalue weighted by atomic mass is 15.2. The first-order chi connectivity index (χ1) is 7.68. The average Bonchev–Trinajstić information content (AvgIpc) is 2.32. The third-order valence-electron chi connectivity index (χ3n) is 4.13. The van der Waals surface area contributed by atoms with E-state index in [1.807, 2.05) is 0 Å². The van der Waals surface area contributed by atoms with Gasteiger partial charge < -0.3 is 10.6 Å². The molecule has 0 radical (unpaired) electrons. The molecule has 0 unspecified atom stereocenters. The lowest BCUT2D eigenvalue weighted by Crippen LogP contribution is -2.59. The largest absolute Gasteiger partial charge is 0.329 e. The molecule has 1 saturated heterocycles. The van der Waals surface area contributed by atoms with E-state index in [0.717, 1.165) is 13.1 Å². The summed E-state index contributed by atoms with van der Waals surface area (Å²) in [5.41, 5.74) is 6.36. The van der Waals surface area contributed by atoms with Crippen molar-refractivity contribution >= 4 is 0 Å². The van der Waals surface area contributed by atoms with E-state index >= 15 is 0 Å². The van der Waals surface area contributed by atoms with Crippen molar-refractivity contribution in [2.45, 2.75) is 45.1 Å². The van der Waals surface area contributed by atoms with Crippen molar-refractivity contribution in [2.24, 2.45) is 5.73 Å². The first kappa shape index (κ1) is 13.9. The summed E-state index contributed by atoms with van der Waals surface area (Å²) in [6, 6.07) is 0. The van der Waals surface area contributed by atoms with Crippen LogP contribution in [-0.4, -0.2) is 55.1 Å². The van der Waals surface area contributed by atoms with E-state index in [0.29, 0.717) is 0 Å². The van der Waals surface area contributed by atoms with Gasteiger partial charge in [0.05, 0.1) is 0 Å². The Morgan fingerprint density at radius 1 is 1.25 bits per heavy atom. The van der Waals surface area contributed by atoms with Crippen molar-refractivity contribution in [1.29, 1.82) is 0 Å². The van der Waals surface area contributed by atoms with Crippen LogP contribution in [0.2, 0.25) is 0 Å². The standard InChI is InChI=1S/C13H29N3/c1-4-6-9-16(5-2)13(12-14)7-10-15(3)11-8-13/h4-12,14H2,1-3H3. The molecule has 1 aliphatic rings. The van der Waals surface area contributed by atoms with Crippen LogP contribution in [0.15, 0.2) is 0 Å². The predicted molar refractivity (Wildman–Crippen MR) is 70.7 cm³/mol. The minimum absolute atomic E-state index is 0.288. The maximum absolute atomic E-state index is 6.07. The van der Waals surface area contributed by atoms with Gasteiger partial charge >= 0.3 is 0 Å². The Morgan fingerprint density at radius 2 is 1.88 bits per heavy atom. The van der Waals surface area contributed by atoms with Crippen LogP contribution in [0.5, 0.6) is 0 Å². The van der Waals surface area contributed by atoms with Gasteiger partial charge in [-0.2, -0.15) is 0 Å². The van der Waals surface area contributed by atoms with E-state index in [1.54, 1.807) is 0 Å². The summed E-state index contributed by atoms with van der Waals surface area (Å²) in [6.07, 6.45) is 5.04. The summed E-state index contributed by atoms with van der Waals surface area (Å²) in [6.45, 7) is 10.1. The van der Waals surface area contributed by atoms with E-state index in [-0.39, 0.29) is 5.54 Å². The summed E-state index contributed by atoms with van der Waals surface area (Å²) in [5, 5.41) is 0. The molecule has 1 aliphatic heterocycles. The van der Waals surface area contributed by atoms with Gasteiger partial charge in [0.15, 0.2) is 0 Å². The summed E-state index contributed by atoms with van der Waals surface area (Å²) >= 11 is 0. The topological polar surface area (TPSA) is 32.5 Å². The number of nitrogens with zero attached hydrogens (tertiary/aromatic N) is 2. The summed E-state index contributed by atoms with van der Waals surface area (Å²) in [7, 11) is 2.21. The highest BCUT2D eigenvalue weighted by molar-refractivity contribution is 4.95. The fourth-order valence-corrected chi connectivity index (χ4v) is 2.76. The lowest BCUT2D eigenvalue weighted by atomic mass is 9.85. The van der Waals surface area contributed by atoms with Crippen LogP contribution in [0.1, 0.15) is 39.5 Å². The maximum atomic E-state index is 6.07. The monoisotopic (exact) mass is 227 g/mol. The molecule has 3 heteroatoms. The molecule has 2 N–H and O–H groups in total. The Bertz CT molecular complexity index is 186. The predicted octanol–water partition coefficient (Wildman–Crippen LogP) is 1.53. The number of unbranched alkanes of at least 4 members (excludes halogenated alkanes) is 1. The van der Waals surface area contributed by atoms with Crippen LogP contribution < -0.4 is 5.73 Å². The highest BCUT2D eigenvalue weighted by Gasteiger charge is 2.36. The molecule has 0 atom stereocenters. The SMILES string of the molecule is CCCCN(CC)C1(CN)CCN(C)CC1. The van der Waals surface area contributed by atoms with E-state index in [1.165, 1.54) is 45.3 Å². The zero-order chi connectivity index (χ0) is 12.0. The normalized spacial score (nSPS) is 21.6. The number of hydrogen-bond donors (Lipinski definition) is 1. The summed E-state index contributed by atoms with van der Waals surface area (Å²) < 4.78 is 0. The second-order valence-corrected chi connectivity index (χ2v) is 5.16. The van der Waals surface area contributed by atoms with Crippen molar-refractivity contribution in [1.82, 2.24) is 9.80 Å². The molecule has 0 bridgehead atoms. The number of piperidine rings is 1. The Hall–Kier alpha value is -0.120. The number of rotatable bonds is 6. The minimum Gasteiger partial charge on any atom is -0.329 e. The van der Waals surface area contributed by atoms with E-state index in [4.69, 9.17) is 5.73 Å². The summed E-state index contributed by atoms with van der Waals surface area (Å²) in [4.78, 5) is 5.05. The second-order valence-electron chi connectivity index (χ2n) is 5.16. The molecule has 0 spiro atoms. The molecule has 1 fully saturated rings. The van der Waals surface area contributed by atoms with Crippen LogP contribution in [0.25, 0.3) is 0 Å². The van der Waals surface area contributed by atoms with Gasteiger partial charge in [0.2, 0.25) is 0 Å². The molecule has 0 amide bonds. The molecule has 16 heavy (non-hydrogen) atoms. The fraction of sp³-hybridized carbons (Fsp3) is 1.00. The zero-order valence-electron chi connectivity index (χ0n) is 11.3. The Labute approximate surface area is 101 Å². The highest BCUT2D eigenvalue weighted by Crippen LogP contribution is 2.27. The van der Waals surface area contributed by atoms with Gasteiger partial charge in [-0.05, 0) is 52.5 Å². The molecule has 0 aromatic rings. The molecule has 0 aliphatic carbocycles. The van der Waals surface area contributed by atoms with Gasteiger partial charge in [-0.25, -0.2) is 0 Å². The third-order valence-corrected chi connectivity index (χ3v) is 4.13. The van der Waals surface area contributed by atoms with Crippen LogP contribution in [-0.2, 0) is 0 Å². The maximum Gasteiger partial charge on any atom is 0.0355 e.